The first-order chi connectivity index (χ1) is 13.3. The van der Waals surface area contributed by atoms with E-state index in [1.54, 1.807) is 19.1 Å². The molecule has 1 saturated heterocycles. The number of aromatic nitrogens is 3. The van der Waals surface area contributed by atoms with Crippen LogP contribution in [0.3, 0.4) is 0 Å². The summed E-state index contributed by atoms with van der Waals surface area (Å²) in [4.78, 5) is 3.41. The van der Waals surface area contributed by atoms with Crippen molar-refractivity contribution in [2.75, 3.05) is 6.61 Å². The van der Waals surface area contributed by atoms with E-state index in [0.29, 0.717) is 0 Å². The van der Waals surface area contributed by atoms with Crippen LogP contribution >= 0.6 is 0 Å². The minimum absolute atomic E-state index is 0.142. The average Bonchev–Trinajstić information content (AvgIpc) is 2.67. The van der Waals surface area contributed by atoms with E-state index in [9.17, 15) is 23.4 Å². The van der Waals surface area contributed by atoms with Crippen molar-refractivity contribution in [3.8, 4) is 11.8 Å². The number of rotatable bonds is 5. The quantitative estimate of drug-likeness (QED) is 0.771. The van der Waals surface area contributed by atoms with Gasteiger partial charge >= 0.3 is 6.18 Å². The minimum Gasteiger partial charge on any atom is -0.474 e. The molecule has 0 radical (unpaired) electrons. The van der Waals surface area contributed by atoms with Crippen molar-refractivity contribution in [2.45, 2.75) is 43.6 Å². The Morgan fingerprint density at radius 2 is 1.86 bits per heavy atom. The lowest BCUT2D eigenvalue weighted by atomic mass is 9.96. The molecule has 2 aromatic rings. The summed E-state index contributed by atoms with van der Waals surface area (Å²) < 4.78 is 55.1. The maximum absolute atomic E-state index is 12.9. The first-order valence-corrected chi connectivity index (χ1v) is 8.38. The molecule has 0 amide bonds. The van der Waals surface area contributed by atoms with Crippen LogP contribution in [0.1, 0.15) is 12.6 Å². The fraction of sp³-hybridized carbons (Fsp3) is 0.471. The normalized spacial score (nSPS) is 28.0. The molecule has 5 atom stereocenters. The highest BCUT2D eigenvalue weighted by Crippen LogP contribution is 2.30. The molecule has 1 aliphatic rings. The highest BCUT2D eigenvalue weighted by atomic mass is 19.4. The number of ether oxygens (including phenoxy) is 3. The molecule has 0 bridgehead atoms. The standard InChI is InChI=1S/C17H18F3N3O5/c1-9-14(24)15(25)16(10(27-9)8-26-13-6-3-7-21-23-13)28-12-5-2-4-11(22-12)17(18,19)20/h2-7,9-10,14-16,24-25H,8H2,1H3/t9-,10-,14+,15+,16+/m1/s1. The lowest BCUT2D eigenvalue weighted by Crippen LogP contribution is -2.60. The van der Waals surface area contributed by atoms with Gasteiger partial charge in [-0.2, -0.15) is 18.3 Å². The van der Waals surface area contributed by atoms with Crippen LogP contribution in [0.5, 0.6) is 11.8 Å². The Morgan fingerprint density at radius 3 is 2.54 bits per heavy atom. The molecule has 0 spiro atoms. The maximum atomic E-state index is 12.9. The van der Waals surface area contributed by atoms with Gasteiger partial charge in [0, 0.05) is 18.3 Å². The van der Waals surface area contributed by atoms with Gasteiger partial charge in [0.15, 0.2) is 6.10 Å². The number of halogens is 3. The first kappa shape index (κ1) is 20.2. The van der Waals surface area contributed by atoms with Crippen molar-refractivity contribution in [1.82, 2.24) is 15.2 Å². The first-order valence-electron chi connectivity index (χ1n) is 8.38. The summed E-state index contributed by atoms with van der Waals surface area (Å²) in [5.74, 6) is -0.177. The van der Waals surface area contributed by atoms with E-state index in [0.717, 1.165) is 12.1 Å². The Kier molecular flexibility index (Phi) is 5.96. The number of aliphatic hydroxyl groups is 2. The van der Waals surface area contributed by atoms with Crippen LogP contribution in [-0.4, -0.2) is 62.5 Å². The molecule has 11 heteroatoms. The van der Waals surface area contributed by atoms with Gasteiger partial charge in [-0.3, -0.25) is 0 Å². The highest BCUT2D eigenvalue weighted by Gasteiger charge is 2.45. The second kappa shape index (κ2) is 8.25. The average molecular weight is 401 g/mol. The molecule has 2 N–H and O–H groups in total. The maximum Gasteiger partial charge on any atom is 0.433 e. The van der Waals surface area contributed by atoms with Gasteiger partial charge in [-0.15, -0.1) is 5.10 Å². The molecule has 2 aromatic heterocycles. The van der Waals surface area contributed by atoms with Gasteiger partial charge in [0.1, 0.15) is 30.6 Å². The zero-order valence-electron chi connectivity index (χ0n) is 14.7. The third-order valence-corrected chi connectivity index (χ3v) is 4.14. The van der Waals surface area contributed by atoms with Gasteiger partial charge in [0.05, 0.1) is 6.10 Å². The largest absolute Gasteiger partial charge is 0.474 e. The third-order valence-electron chi connectivity index (χ3n) is 4.14. The number of pyridine rings is 1. The Labute approximate surface area is 157 Å². The van der Waals surface area contributed by atoms with Crippen LogP contribution in [0.2, 0.25) is 0 Å². The van der Waals surface area contributed by atoms with E-state index in [-0.39, 0.29) is 18.4 Å². The summed E-state index contributed by atoms with van der Waals surface area (Å²) in [6.45, 7) is 1.40. The molecule has 3 heterocycles. The SMILES string of the molecule is C[C@H]1O[C@H](COc2cccnn2)[C@H](Oc2cccc(C(F)(F)F)n2)[C@@H](O)[C@H]1O. The summed E-state index contributed by atoms with van der Waals surface area (Å²) in [5.41, 5.74) is -1.14. The van der Waals surface area contributed by atoms with E-state index in [1.807, 2.05) is 0 Å². The van der Waals surface area contributed by atoms with Gasteiger partial charge in [-0.1, -0.05) is 6.07 Å². The van der Waals surface area contributed by atoms with Crippen molar-refractivity contribution in [3.05, 3.63) is 42.2 Å². The van der Waals surface area contributed by atoms with Crippen LogP contribution in [-0.2, 0) is 10.9 Å². The van der Waals surface area contributed by atoms with E-state index in [4.69, 9.17) is 14.2 Å². The third kappa shape index (κ3) is 4.66. The van der Waals surface area contributed by atoms with Crippen molar-refractivity contribution in [1.29, 1.82) is 0 Å². The lowest BCUT2D eigenvalue weighted by Gasteiger charge is -2.41. The highest BCUT2D eigenvalue weighted by molar-refractivity contribution is 5.18. The number of hydrogen-bond acceptors (Lipinski definition) is 8. The monoisotopic (exact) mass is 401 g/mol. The van der Waals surface area contributed by atoms with E-state index >= 15 is 0 Å². The Morgan fingerprint density at radius 1 is 1.11 bits per heavy atom. The fourth-order valence-electron chi connectivity index (χ4n) is 2.71. The molecule has 0 saturated carbocycles. The number of aliphatic hydroxyl groups excluding tert-OH is 2. The molecule has 1 aliphatic heterocycles. The van der Waals surface area contributed by atoms with Crippen LogP contribution < -0.4 is 9.47 Å². The van der Waals surface area contributed by atoms with Crippen molar-refractivity contribution >= 4 is 0 Å². The molecule has 0 unspecified atom stereocenters. The molecular weight excluding hydrogens is 383 g/mol. The summed E-state index contributed by atoms with van der Waals surface area (Å²) in [6, 6.07) is 6.30. The topological polar surface area (TPSA) is 107 Å². The van der Waals surface area contributed by atoms with Crippen LogP contribution in [0.25, 0.3) is 0 Å². The van der Waals surface area contributed by atoms with Gasteiger partial charge in [-0.05, 0) is 19.1 Å². The van der Waals surface area contributed by atoms with Gasteiger partial charge < -0.3 is 24.4 Å². The van der Waals surface area contributed by atoms with Crippen LogP contribution in [0.15, 0.2) is 36.5 Å². The van der Waals surface area contributed by atoms with Crippen LogP contribution in [0.4, 0.5) is 13.2 Å². The van der Waals surface area contributed by atoms with Gasteiger partial charge in [0.25, 0.3) is 0 Å². The summed E-state index contributed by atoms with van der Waals surface area (Å²) in [5, 5.41) is 27.8. The molecule has 8 nitrogen and oxygen atoms in total. The van der Waals surface area contributed by atoms with E-state index < -0.39 is 42.4 Å². The van der Waals surface area contributed by atoms with Gasteiger partial charge in [0.2, 0.25) is 11.8 Å². The molecule has 0 aliphatic carbocycles. The van der Waals surface area contributed by atoms with E-state index in [2.05, 4.69) is 15.2 Å². The zero-order chi connectivity index (χ0) is 20.3. The molecule has 152 valence electrons. The zero-order valence-corrected chi connectivity index (χ0v) is 14.7. The molecule has 3 rings (SSSR count). The summed E-state index contributed by atoms with van der Waals surface area (Å²) in [7, 11) is 0. The second-order valence-electron chi connectivity index (χ2n) is 6.18. The fourth-order valence-corrected chi connectivity index (χ4v) is 2.71. The van der Waals surface area contributed by atoms with Crippen LogP contribution in [0, 0.1) is 0 Å². The van der Waals surface area contributed by atoms with Crippen molar-refractivity contribution < 1.29 is 37.6 Å². The molecule has 28 heavy (non-hydrogen) atoms. The number of hydrogen-bond donors (Lipinski definition) is 2. The summed E-state index contributed by atoms with van der Waals surface area (Å²) >= 11 is 0. The lowest BCUT2D eigenvalue weighted by molar-refractivity contribution is -0.216. The Balaban J connectivity index is 1.78. The van der Waals surface area contributed by atoms with E-state index in [1.165, 1.54) is 12.3 Å². The second-order valence-corrected chi connectivity index (χ2v) is 6.18. The Bertz CT molecular complexity index is 780. The van der Waals surface area contributed by atoms with Gasteiger partial charge in [-0.25, -0.2) is 4.98 Å². The Hall–Kier alpha value is -2.50. The minimum atomic E-state index is -4.65. The number of alkyl halides is 3. The molecular formula is C17H18F3N3O5. The predicted molar refractivity (Wildman–Crippen MR) is 87.5 cm³/mol. The molecule has 1 fully saturated rings. The summed E-state index contributed by atoms with van der Waals surface area (Å²) in [6.07, 6.45) is -8.81. The van der Waals surface area contributed by atoms with Crippen molar-refractivity contribution in [3.63, 3.8) is 0 Å². The smallest absolute Gasteiger partial charge is 0.433 e. The number of nitrogens with zero attached hydrogens (tertiary/aromatic N) is 3. The van der Waals surface area contributed by atoms with Crippen molar-refractivity contribution in [2.24, 2.45) is 0 Å². The molecule has 0 aromatic carbocycles. The predicted octanol–water partition coefficient (Wildman–Crippen LogP) is 1.23.